The monoisotopic (exact) mass is 334 g/mol. The van der Waals surface area contributed by atoms with Crippen LogP contribution in [-0.2, 0) is 16.4 Å². The molecule has 0 aromatic carbocycles. The third-order valence-electron chi connectivity index (χ3n) is 3.37. The number of nitrogens with one attached hydrogen (secondary N) is 1. The van der Waals surface area contributed by atoms with Crippen LogP contribution in [0.2, 0.25) is 0 Å². The molecule has 6 nitrogen and oxygen atoms in total. The zero-order valence-corrected chi connectivity index (χ0v) is 14.3. The lowest BCUT2D eigenvalue weighted by Crippen LogP contribution is -2.21. The van der Waals surface area contributed by atoms with Crippen LogP contribution in [0.15, 0.2) is 42.9 Å². The summed E-state index contributed by atoms with van der Waals surface area (Å²) in [4.78, 5) is 10.4. The summed E-state index contributed by atoms with van der Waals surface area (Å²) in [5, 5.41) is 0. The van der Waals surface area contributed by atoms with Gasteiger partial charge in [-0.05, 0) is 42.7 Å². The molecule has 0 amide bonds. The van der Waals surface area contributed by atoms with Gasteiger partial charge in [-0.1, -0.05) is 6.92 Å². The van der Waals surface area contributed by atoms with Gasteiger partial charge in [0.15, 0.2) is 0 Å². The predicted molar refractivity (Wildman–Crippen MR) is 93.1 cm³/mol. The summed E-state index contributed by atoms with van der Waals surface area (Å²) in [5.74, 6) is 0.915. The summed E-state index contributed by atoms with van der Waals surface area (Å²) < 4.78 is 26.0. The second-order valence-corrected chi connectivity index (χ2v) is 7.19. The number of aromatic nitrogens is 2. The van der Waals surface area contributed by atoms with E-state index in [9.17, 15) is 8.42 Å². The lowest BCUT2D eigenvalue weighted by atomic mass is 10.2. The Hall–Kier alpha value is -2.15. The van der Waals surface area contributed by atoms with Gasteiger partial charge >= 0.3 is 0 Å². The number of nitrogens with zero attached hydrogens (tertiary/aromatic N) is 3. The molecule has 0 bridgehead atoms. The minimum atomic E-state index is -3.27. The fourth-order valence-electron chi connectivity index (χ4n) is 2.13. The highest BCUT2D eigenvalue weighted by Crippen LogP contribution is 2.15. The maximum absolute atomic E-state index is 11.7. The largest absolute Gasteiger partial charge is 0.359 e. The van der Waals surface area contributed by atoms with E-state index in [2.05, 4.69) is 14.7 Å². The fourth-order valence-corrected chi connectivity index (χ4v) is 3.25. The van der Waals surface area contributed by atoms with Crippen molar-refractivity contribution >= 4 is 21.5 Å². The topological polar surface area (TPSA) is 75.2 Å². The van der Waals surface area contributed by atoms with Crippen molar-refractivity contribution in [3.05, 3.63) is 48.4 Å². The molecule has 2 aromatic heterocycles. The Balaban J connectivity index is 1.93. The van der Waals surface area contributed by atoms with Crippen molar-refractivity contribution in [1.82, 2.24) is 9.97 Å². The summed E-state index contributed by atoms with van der Waals surface area (Å²) in [6.45, 7) is 2.65. The van der Waals surface area contributed by atoms with Gasteiger partial charge in [-0.2, -0.15) is 0 Å². The summed E-state index contributed by atoms with van der Waals surface area (Å²) in [7, 11) is -1.31. The van der Waals surface area contributed by atoms with Crippen molar-refractivity contribution < 1.29 is 8.42 Å². The first-order valence-corrected chi connectivity index (χ1v) is 9.22. The maximum atomic E-state index is 11.7. The Morgan fingerprint density at radius 1 is 1.17 bits per heavy atom. The quantitative estimate of drug-likeness (QED) is 0.802. The Labute approximate surface area is 137 Å². The van der Waals surface area contributed by atoms with Crippen LogP contribution in [0, 0.1) is 0 Å². The smallest absolute Gasteiger partial charge is 0.232 e. The van der Waals surface area contributed by atoms with Crippen LogP contribution in [-0.4, -0.2) is 37.7 Å². The first-order valence-electron chi connectivity index (χ1n) is 7.57. The van der Waals surface area contributed by atoms with E-state index in [1.807, 2.05) is 37.1 Å². The number of sulfonamides is 1. The zero-order valence-electron chi connectivity index (χ0n) is 13.4. The van der Waals surface area contributed by atoms with Gasteiger partial charge in [0, 0.05) is 26.0 Å². The van der Waals surface area contributed by atoms with Gasteiger partial charge < -0.3 is 4.90 Å². The number of pyridine rings is 2. The molecule has 23 heavy (non-hydrogen) atoms. The molecule has 7 heteroatoms. The number of anilines is 2. The highest BCUT2D eigenvalue weighted by molar-refractivity contribution is 7.92. The van der Waals surface area contributed by atoms with Crippen LogP contribution in [0.1, 0.15) is 18.9 Å². The van der Waals surface area contributed by atoms with E-state index in [4.69, 9.17) is 0 Å². The first kappa shape index (κ1) is 17.2. The standard InChI is InChI=1S/C16H22N4O2S/c1-3-12-23(21,22)19-15-4-5-16(18-13-15)20(2)11-8-14-6-9-17-10-7-14/h4-7,9-10,13,19H,3,8,11-12H2,1-2H3. The summed E-state index contributed by atoms with van der Waals surface area (Å²) >= 11 is 0. The number of rotatable bonds is 8. The average molecular weight is 334 g/mol. The molecule has 2 heterocycles. The van der Waals surface area contributed by atoms with Crippen molar-refractivity contribution in [3.8, 4) is 0 Å². The minimum Gasteiger partial charge on any atom is -0.359 e. The van der Waals surface area contributed by atoms with E-state index in [0.717, 1.165) is 18.8 Å². The molecule has 0 aliphatic rings. The SMILES string of the molecule is CCCS(=O)(=O)Nc1ccc(N(C)CCc2ccncc2)nc1. The van der Waals surface area contributed by atoms with E-state index >= 15 is 0 Å². The van der Waals surface area contributed by atoms with E-state index in [0.29, 0.717) is 12.1 Å². The lowest BCUT2D eigenvalue weighted by Gasteiger charge is -2.18. The van der Waals surface area contributed by atoms with Gasteiger partial charge in [-0.3, -0.25) is 9.71 Å². The molecule has 2 aromatic rings. The third-order valence-corrected chi connectivity index (χ3v) is 4.86. The van der Waals surface area contributed by atoms with Crippen molar-refractivity contribution in [2.45, 2.75) is 19.8 Å². The molecule has 0 spiro atoms. The Morgan fingerprint density at radius 3 is 2.52 bits per heavy atom. The zero-order chi connectivity index (χ0) is 16.7. The molecule has 0 fully saturated rings. The Bertz CT molecular complexity index is 703. The van der Waals surface area contributed by atoms with Gasteiger partial charge in [0.1, 0.15) is 5.82 Å². The highest BCUT2D eigenvalue weighted by Gasteiger charge is 2.09. The molecule has 0 aliphatic heterocycles. The van der Waals surface area contributed by atoms with Crippen LogP contribution in [0.3, 0.4) is 0 Å². The minimum absolute atomic E-state index is 0.112. The molecule has 0 saturated heterocycles. The predicted octanol–water partition coefficient (Wildman–Crippen LogP) is 2.31. The highest BCUT2D eigenvalue weighted by atomic mass is 32.2. The van der Waals surface area contributed by atoms with E-state index in [1.165, 1.54) is 5.56 Å². The number of hydrogen-bond acceptors (Lipinski definition) is 5. The van der Waals surface area contributed by atoms with Crippen LogP contribution >= 0.6 is 0 Å². The van der Waals surface area contributed by atoms with E-state index < -0.39 is 10.0 Å². The maximum Gasteiger partial charge on any atom is 0.232 e. The number of likely N-dealkylation sites (N-methyl/N-ethyl adjacent to an activating group) is 1. The Morgan fingerprint density at radius 2 is 1.91 bits per heavy atom. The molecular formula is C16H22N4O2S. The fraction of sp³-hybridized carbons (Fsp3) is 0.375. The van der Waals surface area contributed by atoms with Gasteiger partial charge in [-0.25, -0.2) is 13.4 Å². The van der Waals surface area contributed by atoms with Crippen LogP contribution in [0.25, 0.3) is 0 Å². The van der Waals surface area contributed by atoms with Crippen molar-refractivity contribution in [2.75, 3.05) is 29.0 Å². The molecule has 0 aliphatic carbocycles. The second kappa shape index (κ2) is 7.92. The van der Waals surface area contributed by atoms with Crippen molar-refractivity contribution in [1.29, 1.82) is 0 Å². The molecule has 124 valence electrons. The lowest BCUT2D eigenvalue weighted by molar-refractivity contribution is 0.600. The first-order chi connectivity index (χ1) is 11.0. The molecule has 2 rings (SSSR count). The molecule has 0 unspecified atom stereocenters. The summed E-state index contributed by atoms with van der Waals surface area (Å²) in [6, 6.07) is 7.54. The van der Waals surface area contributed by atoms with Gasteiger partial charge in [-0.15, -0.1) is 0 Å². The van der Waals surface area contributed by atoms with Crippen LogP contribution < -0.4 is 9.62 Å². The van der Waals surface area contributed by atoms with Crippen LogP contribution in [0.4, 0.5) is 11.5 Å². The van der Waals surface area contributed by atoms with E-state index in [1.54, 1.807) is 24.7 Å². The normalized spacial score (nSPS) is 11.2. The third kappa shape index (κ3) is 5.52. The van der Waals surface area contributed by atoms with Crippen molar-refractivity contribution in [3.63, 3.8) is 0 Å². The van der Waals surface area contributed by atoms with Gasteiger partial charge in [0.05, 0.1) is 17.6 Å². The molecule has 1 N–H and O–H groups in total. The molecule has 0 atom stereocenters. The second-order valence-electron chi connectivity index (χ2n) is 5.35. The van der Waals surface area contributed by atoms with Crippen LogP contribution in [0.5, 0.6) is 0 Å². The molecule has 0 saturated carbocycles. The molecule has 0 radical (unpaired) electrons. The van der Waals surface area contributed by atoms with Gasteiger partial charge in [0.25, 0.3) is 0 Å². The number of hydrogen-bond donors (Lipinski definition) is 1. The Kier molecular flexibility index (Phi) is 5.92. The summed E-state index contributed by atoms with van der Waals surface area (Å²) in [5.41, 5.74) is 1.71. The molecular weight excluding hydrogens is 312 g/mol. The van der Waals surface area contributed by atoms with E-state index in [-0.39, 0.29) is 5.75 Å². The van der Waals surface area contributed by atoms with Crippen molar-refractivity contribution in [2.24, 2.45) is 0 Å². The van der Waals surface area contributed by atoms with Gasteiger partial charge in [0.2, 0.25) is 10.0 Å². The summed E-state index contributed by atoms with van der Waals surface area (Å²) in [6.07, 6.45) is 6.59. The average Bonchev–Trinajstić information content (AvgIpc) is 2.54.